The Hall–Kier alpha value is -3.55. The Morgan fingerprint density at radius 2 is 1.27 bits per heavy atom. The van der Waals surface area contributed by atoms with Gasteiger partial charge in [-0.25, -0.2) is 4.79 Å². The van der Waals surface area contributed by atoms with E-state index in [1.807, 2.05) is 5.32 Å². The first-order valence-electron chi connectivity index (χ1n) is 9.96. The third-order valence-electron chi connectivity index (χ3n) is 4.53. The Labute approximate surface area is 189 Å². The van der Waals surface area contributed by atoms with Crippen LogP contribution in [0.5, 0.6) is 0 Å². The summed E-state index contributed by atoms with van der Waals surface area (Å²) in [7, 11) is 0. The summed E-state index contributed by atoms with van der Waals surface area (Å²) in [6.45, 7) is -1.77. The average Bonchev–Trinajstić information content (AvgIpc) is 2.78. The number of aliphatic carboxylic acids is 2. The fraction of sp³-hybridized carbons (Fsp3) is 0.450. The van der Waals surface area contributed by atoms with Crippen LogP contribution in [-0.2, 0) is 30.4 Å². The fourth-order valence-electron chi connectivity index (χ4n) is 2.70. The lowest BCUT2D eigenvalue weighted by Crippen LogP contribution is -2.59. The van der Waals surface area contributed by atoms with Crippen molar-refractivity contribution in [1.82, 2.24) is 16.0 Å². The fourth-order valence-corrected chi connectivity index (χ4v) is 2.70. The van der Waals surface area contributed by atoms with E-state index in [2.05, 4.69) is 10.6 Å². The van der Waals surface area contributed by atoms with E-state index in [0.29, 0.717) is 0 Å². The second-order valence-corrected chi connectivity index (χ2v) is 7.12. The molecule has 0 heterocycles. The van der Waals surface area contributed by atoms with Crippen molar-refractivity contribution in [2.75, 3.05) is 13.2 Å². The number of carbonyl (C=O) groups is 5. The minimum absolute atomic E-state index is 0.168. The molecule has 0 aliphatic heterocycles. The molecule has 4 unspecified atom stereocenters. The van der Waals surface area contributed by atoms with Crippen LogP contribution in [0.3, 0.4) is 0 Å². The van der Waals surface area contributed by atoms with Crippen LogP contribution in [0.1, 0.15) is 18.4 Å². The number of aliphatic hydroxyl groups excluding tert-OH is 2. The molecule has 13 heteroatoms. The third kappa shape index (κ3) is 9.64. The lowest BCUT2D eigenvalue weighted by molar-refractivity contribution is -0.143. The summed E-state index contributed by atoms with van der Waals surface area (Å²) in [6.07, 6.45) is -0.784. The number of hydrogen-bond acceptors (Lipinski definition) is 8. The maximum Gasteiger partial charge on any atom is 0.326 e. The van der Waals surface area contributed by atoms with Crippen LogP contribution in [-0.4, -0.2) is 87.5 Å². The molecule has 0 aliphatic carbocycles. The lowest BCUT2D eigenvalue weighted by atomic mass is 10.1. The molecule has 1 aromatic rings. The van der Waals surface area contributed by atoms with Gasteiger partial charge in [0.1, 0.15) is 18.1 Å². The Morgan fingerprint density at radius 3 is 1.73 bits per heavy atom. The summed E-state index contributed by atoms with van der Waals surface area (Å²) in [5.41, 5.74) is 6.61. The minimum Gasteiger partial charge on any atom is -0.481 e. The van der Waals surface area contributed by atoms with Crippen LogP contribution in [0.4, 0.5) is 0 Å². The smallest absolute Gasteiger partial charge is 0.326 e. The SMILES string of the molecule is NC(Cc1ccccc1)C(=O)NC(CO)C(=O)NC(CO)C(=O)NC(CCC(=O)O)C(=O)O. The van der Waals surface area contributed by atoms with Crippen LogP contribution >= 0.6 is 0 Å². The molecule has 0 fully saturated rings. The van der Waals surface area contributed by atoms with E-state index in [1.165, 1.54) is 0 Å². The quantitative estimate of drug-likeness (QED) is 0.137. The molecule has 0 spiro atoms. The summed E-state index contributed by atoms with van der Waals surface area (Å²) in [5, 5.41) is 43.0. The first-order chi connectivity index (χ1) is 15.6. The molecule has 33 heavy (non-hydrogen) atoms. The van der Waals surface area contributed by atoms with Gasteiger partial charge in [-0.3, -0.25) is 19.2 Å². The molecule has 0 saturated heterocycles. The largest absolute Gasteiger partial charge is 0.481 e. The second kappa shape index (κ2) is 13.8. The van der Waals surface area contributed by atoms with Crippen molar-refractivity contribution in [3.63, 3.8) is 0 Å². The maximum atomic E-state index is 12.4. The monoisotopic (exact) mass is 468 g/mol. The van der Waals surface area contributed by atoms with Crippen molar-refractivity contribution < 1.29 is 44.4 Å². The van der Waals surface area contributed by atoms with Gasteiger partial charge in [0, 0.05) is 6.42 Å². The Bertz CT molecular complexity index is 834. The van der Waals surface area contributed by atoms with Gasteiger partial charge in [0.2, 0.25) is 17.7 Å². The number of carboxylic acid groups (broad SMARTS) is 2. The van der Waals surface area contributed by atoms with Crippen LogP contribution in [0, 0.1) is 0 Å². The van der Waals surface area contributed by atoms with Gasteiger partial charge in [0.25, 0.3) is 0 Å². The van der Waals surface area contributed by atoms with Crippen LogP contribution in [0.15, 0.2) is 30.3 Å². The van der Waals surface area contributed by atoms with Gasteiger partial charge in [-0.1, -0.05) is 30.3 Å². The number of nitrogens with one attached hydrogen (secondary N) is 3. The van der Waals surface area contributed by atoms with Crippen molar-refractivity contribution in [1.29, 1.82) is 0 Å². The molecule has 1 aromatic carbocycles. The summed E-state index contributed by atoms with van der Waals surface area (Å²) in [6, 6.07) is 3.13. The Balaban J connectivity index is 2.70. The van der Waals surface area contributed by atoms with Gasteiger partial charge in [-0.2, -0.15) is 0 Å². The van der Waals surface area contributed by atoms with Gasteiger partial charge in [0.05, 0.1) is 19.3 Å². The molecule has 1 rings (SSSR count). The highest BCUT2D eigenvalue weighted by Gasteiger charge is 2.30. The van der Waals surface area contributed by atoms with Crippen molar-refractivity contribution in [3.05, 3.63) is 35.9 Å². The van der Waals surface area contributed by atoms with Crippen LogP contribution < -0.4 is 21.7 Å². The standard InChI is InChI=1S/C20H28N4O9/c21-12(8-11-4-2-1-3-5-11)17(29)23-14(9-25)19(31)24-15(10-26)18(30)22-13(20(32)33)6-7-16(27)28/h1-5,12-15,25-26H,6-10,21H2,(H,22,30)(H,23,29)(H,24,31)(H,27,28)(H,32,33). The van der Waals surface area contributed by atoms with Crippen molar-refractivity contribution in [3.8, 4) is 0 Å². The van der Waals surface area contributed by atoms with Gasteiger partial charge in [-0.15, -0.1) is 0 Å². The number of benzene rings is 1. The summed E-state index contributed by atoms with van der Waals surface area (Å²) < 4.78 is 0. The number of hydrogen-bond donors (Lipinski definition) is 8. The van der Waals surface area contributed by atoms with Crippen LogP contribution in [0.2, 0.25) is 0 Å². The summed E-state index contributed by atoms with van der Waals surface area (Å²) in [4.78, 5) is 58.7. The molecule has 13 nitrogen and oxygen atoms in total. The molecule has 0 aromatic heterocycles. The molecule has 0 saturated carbocycles. The van der Waals surface area contributed by atoms with Gasteiger partial charge in [-0.05, 0) is 18.4 Å². The number of rotatable bonds is 14. The third-order valence-corrected chi connectivity index (χ3v) is 4.53. The number of aliphatic hydroxyl groups is 2. The maximum absolute atomic E-state index is 12.4. The first kappa shape index (κ1) is 27.5. The minimum atomic E-state index is -1.62. The van der Waals surface area contributed by atoms with Crippen molar-refractivity contribution in [2.24, 2.45) is 5.73 Å². The number of carbonyl (C=O) groups excluding carboxylic acids is 3. The molecule has 182 valence electrons. The number of nitrogens with two attached hydrogens (primary N) is 1. The van der Waals surface area contributed by atoms with E-state index in [0.717, 1.165) is 5.56 Å². The Morgan fingerprint density at radius 1 is 0.788 bits per heavy atom. The van der Waals surface area contributed by atoms with E-state index in [-0.39, 0.29) is 6.42 Å². The molecule has 3 amide bonds. The zero-order chi connectivity index (χ0) is 25.0. The topological polar surface area (TPSA) is 228 Å². The van der Waals surface area contributed by atoms with Crippen molar-refractivity contribution >= 4 is 29.7 Å². The molecule has 0 bridgehead atoms. The highest BCUT2D eigenvalue weighted by Crippen LogP contribution is 2.03. The van der Waals surface area contributed by atoms with Gasteiger partial charge < -0.3 is 42.1 Å². The highest BCUT2D eigenvalue weighted by molar-refractivity contribution is 5.94. The van der Waals surface area contributed by atoms with E-state index in [9.17, 15) is 34.2 Å². The average molecular weight is 468 g/mol. The predicted octanol–water partition coefficient (Wildman–Crippen LogP) is -3.06. The molecular formula is C20H28N4O9. The molecule has 0 aliphatic rings. The molecule has 4 atom stereocenters. The molecule has 9 N–H and O–H groups in total. The van der Waals surface area contributed by atoms with Crippen molar-refractivity contribution in [2.45, 2.75) is 43.4 Å². The molecular weight excluding hydrogens is 440 g/mol. The predicted molar refractivity (Wildman–Crippen MR) is 113 cm³/mol. The summed E-state index contributed by atoms with van der Waals surface area (Å²) in [5.74, 6) is -5.62. The second-order valence-electron chi connectivity index (χ2n) is 7.12. The molecule has 0 radical (unpaired) electrons. The number of carboxylic acids is 2. The highest BCUT2D eigenvalue weighted by atomic mass is 16.4. The normalized spacial score (nSPS) is 14.3. The first-order valence-corrected chi connectivity index (χ1v) is 9.96. The van der Waals surface area contributed by atoms with E-state index in [4.69, 9.17) is 15.9 Å². The lowest BCUT2D eigenvalue weighted by Gasteiger charge is -2.23. The van der Waals surface area contributed by atoms with Crippen LogP contribution in [0.25, 0.3) is 0 Å². The Kier molecular flexibility index (Phi) is 11.5. The zero-order valence-corrected chi connectivity index (χ0v) is 17.6. The zero-order valence-electron chi connectivity index (χ0n) is 17.6. The van der Waals surface area contributed by atoms with Gasteiger partial charge >= 0.3 is 11.9 Å². The van der Waals surface area contributed by atoms with Gasteiger partial charge in [0.15, 0.2) is 0 Å². The summed E-state index contributed by atoms with van der Waals surface area (Å²) >= 11 is 0. The van der Waals surface area contributed by atoms with E-state index >= 15 is 0 Å². The van der Waals surface area contributed by atoms with E-state index < -0.39 is 79.9 Å². The van der Waals surface area contributed by atoms with E-state index in [1.54, 1.807) is 30.3 Å². The number of amides is 3.